The van der Waals surface area contributed by atoms with Gasteiger partial charge in [-0.2, -0.15) is 0 Å². The number of rotatable bonds is 5. The van der Waals surface area contributed by atoms with Gasteiger partial charge in [0.15, 0.2) is 11.4 Å². The van der Waals surface area contributed by atoms with E-state index in [1.807, 2.05) is 60.7 Å². The molecule has 0 bridgehead atoms. The molecule has 2 N–H and O–H groups in total. The van der Waals surface area contributed by atoms with Crippen LogP contribution in [0.25, 0.3) is 21.7 Å². The van der Waals surface area contributed by atoms with Gasteiger partial charge in [0.05, 0.1) is 22.0 Å². The van der Waals surface area contributed by atoms with Gasteiger partial charge in [-0.25, -0.2) is 10.3 Å². The number of aromatic nitrogens is 1. The Morgan fingerprint density at radius 1 is 0.821 bits per heavy atom. The van der Waals surface area contributed by atoms with Crippen molar-refractivity contribution in [3.05, 3.63) is 82.8 Å². The average Bonchev–Trinajstić information content (AvgIpc) is 3.15. The smallest absolute Gasteiger partial charge is 0.337 e. The van der Waals surface area contributed by atoms with Crippen molar-refractivity contribution in [1.29, 1.82) is 0 Å². The van der Waals surface area contributed by atoms with Crippen molar-refractivity contribution in [2.75, 3.05) is 12.4 Å². The highest BCUT2D eigenvalue weighted by Crippen LogP contribution is 2.39. The predicted molar refractivity (Wildman–Crippen MR) is 118 cm³/mol. The number of halogens is 2. The molecule has 0 radical (unpaired) electrons. The number of methoxy groups -OCH3 is 1. The van der Waals surface area contributed by atoms with Crippen LogP contribution in [0, 0.1) is 0 Å². The highest BCUT2D eigenvalue weighted by molar-refractivity contribution is 7.19. The number of para-hydroxylation sites is 1. The zero-order valence-corrected chi connectivity index (χ0v) is 17.3. The third kappa shape index (κ3) is 3.85. The van der Waals surface area contributed by atoms with Crippen LogP contribution in [-0.2, 0) is 0 Å². The minimum Gasteiger partial charge on any atom is -0.497 e. The summed E-state index contributed by atoms with van der Waals surface area (Å²) in [6.45, 7) is 0. The number of nitrogens with one attached hydrogen (secondary N) is 2. The molecule has 0 aliphatic heterocycles. The zero-order valence-electron chi connectivity index (χ0n) is 15.0. The largest absolute Gasteiger partial charge is 0.497 e. The molecule has 0 saturated carbocycles. The summed E-state index contributed by atoms with van der Waals surface area (Å²) >= 11 is 14.3. The molecular formula is C22H17Cl2N2OS+. The summed E-state index contributed by atoms with van der Waals surface area (Å²) in [6, 6.07) is 23.7. The Balaban J connectivity index is 1.80. The van der Waals surface area contributed by atoms with Crippen LogP contribution < -0.4 is 15.0 Å². The first-order chi connectivity index (χ1) is 13.7. The number of anilines is 2. The van der Waals surface area contributed by atoms with Gasteiger partial charge in [0.25, 0.3) is 0 Å². The monoisotopic (exact) mass is 427 g/mol. The fourth-order valence-electron chi connectivity index (χ4n) is 2.89. The minimum absolute atomic E-state index is 0.571. The summed E-state index contributed by atoms with van der Waals surface area (Å²) in [5, 5.41) is 5.33. The summed E-state index contributed by atoms with van der Waals surface area (Å²) in [5.74, 6) is 0.821. The highest BCUT2D eigenvalue weighted by atomic mass is 35.5. The Kier molecular flexibility index (Phi) is 5.53. The average molecular weight is 428 g/mol. The third-order valence-electron chi connectivity index (χ3n) is 4.29. The second-order valence-electron chi connectivity index (χ2n) is 6.08. The Morgan fingerprint density at radius 3 is 2.14 bits per heavy atom. The van der Waals surface area contributed by atoms with Gasteiger partial charge in [0.1, 0.15) is 5.75 Å². The minimum atomic E-state index is 0.571. The van der Waals surface area contributed by atoms with E-state index in [-0.39, 0.29) is 0 Å². The lowest BCUT2D eigenvalue weighted by Gasteiger charge is -2.03. The molecule has 3 nitrogen and oxygen atoms in total. The van der Waals surface area contributed by atoms with Crippen molar-refractivity contribution < 1.29 is 9.72 Å². The molecule has 6 heteroatoms. The van der Waals surface area contributed by atoms with E-state index in [1.54, 1.807) is 18.4 Å². The lowest BCUT2D eigenvalue weighted by molar-refractivity contribution is -0.340. The SMILES string of the molecule is COc1ccc(-c2[nH+]c(Nc3c(Cl)cccc3Cl)sc2-c2ccccc2)cc1. The Hall–Kier alpha value is -2.53. The van der Waals surface area contributed by atoms with Gasteiger partial charge in [0, 0.05) is 5.56 Å². The number of thiazole rings is 1. The first kappa shape index (κ1) is 18.8. The number of hydrogen-bond acceptors (Lipinski definition) is 3. The van der Waals surface area contributed by atoms with E-state index in [4.69, 9.17) is 27.9 Å². The quantitative estimate of drug-likeness (QED) is 0.373. The number of ether oxygens (including phenoxy) is 1. The topological polar surface area (TPSA) is 35.4 Å². The lowest BCUT2D eigenvalue weighted by atomic mass is 10.1. The van der Waals surface area contributed by atoms with Crippen LogP contribution in [0.5, 0.6) is 5.75 Å². The Labute approximate surface area is 177 Å². The van der Waals surface area contributed by atoms with Crippen LogP contribution >= 0.6 is 34.5 Å². The molecule has 4 rings (SSSR count). The summed E-state index contributed by atoms with van der Waals surface area (Å²) in [7, 11) is 1.66. The van der Waals surface area contributed by atoms with Crippen molar-refractivity contribution >= 4 is 45.4 Å². The molecule has 3 aromatic carbocycles. The van der Waals surface area contributed by atoms with E-state index < -0.39 is 0 Å². The first-order valence-corrected chi connectivity index (χ1v) is 10.2. The predicted octanol–water partition coefficient (Wildman–Crippen LogP) is 6.96. The third-order valence-corrected chi connectivity index (χ3v) is 5.97. The molecule has 0 fully saturated rings. The molecule has 1 heterocycles. The van der Waals surface area contributed by atoms with Gasteiger partial charge in [-0.3, -0.25) is 0 Å². The maximum atomic E-state index is 6.32. The van der Waals surface area contributed by atoms with E-state index in [1.165, 1.54) is 0 Å². The number of aromatic amines is 1. The Bertz CT molecular complexity index is 1080. The van der Waals surface area contributed by atoms with Crippen molar-refractivity contribution in [2.24, 2.45) is 0 Å². The molecule has 0 unspecified atom stereocenters. The van der Waals surface area contributed by atoms with Gasteiger partial charge in [-0.05, 0) is 53.3 Å². The van der Waals surface area contributed by atoms with Crippen LogP contribution in [0.4, 0.5) is 10.8 Å². The lowest BCUT2D eigenvalue weighted by Crippen LogP contribution is -2.08. The van der Waals surface area contributed by atoms with Crippen LogP contribution in [0.2, 0.25) is 10.0 Å². The van der Waals surface area contributed by atoms with Crippen molar-refractivity contribution in [3.63, 3.8) is 0 Å². The summed E-state index contributed by atoms with van der Waals surface area (Å²) in [4.78, 5) is 4.61. The number of hydrogen-bond donors (Lipinski definition) is 1. The summed E-state index contributed by atoms with van der Waals surface area (Å²) in [6.07, 6.45) is 0. The molecule has 1 aromatic heterocycles. The van der Waals surface area contributed by atoms with Crippen molar-refractivity contribution in [1.82, 2.24) is 0 Å². The fourth-order valence-corrected chi connectivity index (χ4v) is 4.42. The van der Waals surface area contributed by atoms with Crippen LogP contribution in [0.15, 0.2) is 72.8 Å². The van der Waals surface area contributed by atoms with Gasteiger partial charge in [-0.15, -0.1) is 0 Å². The van der Waals surface area contributed by atoms with E-state index in [9.17, 15) is 0 Å². The van der Waals surface area contributed by atoms with E-state index in [2.05, 4.69) is 22.4 Å². The number of H-pyrrole nitrogens is 1. The first-order valence-electron chi connectivity index (χ1n) is 8.62. The van der Waals surface area contributed by atoms with Crippen molar-refractivity contribution in [3.8, 4) is 27.4 Å². The molecule has 140 valence electrons. The highest BCUT2D eigenvalue weighted by Gasteiger charge is 2.21. The normalized spacial score (nSPS) is 10.7. The van der Waals surface area contributed by atoms with Gasteiger partial charge in [0.2, 0.25) is 0 Å². The van der Waals surface area contributed by atoms with E-state index in [0.717, 1.165) is 32.6 Å². The van der Waals surface area contributed by atoms with Gasteiger partial charge in [-0.1, -0.05) is 59.6 Å². The van der Waals surface area contributed by atoms with Crippen LogP contribution in [0.1, 0.15) is 0 Å². The molecule has 0 spiro atoms. The second-order valence-corrected chi connectivity index (χ2v) is 7.91. The van der Waals surface area contributed by atoms with Crippen LogP contribution in [0.3, 0.4) is 0 Å². The molecule has 4 aromatic rings. The summed E-state index contributed by atoms with van der Waals surface area (Å²) < 4.78 is 5.28. The molecule has 0 atom stereocenters. The fraction of sp³-hybridized carbons (Fsp3) is 0.0455. The zero-order chi connectivity index (χ0) is 19.5. The van der Waals surface area contributed by atoms with Gasteiger partial charge < -0.3 is 4.74 Å². The molecule has 0 aliphatic carbocycles. The molecule has 0 amide bonds. The standard InChI is InChI=1S/C22H16Cl2N2OS/c1-27-16-12-10-14(11-13-16)19-21(15-6-3-2-4-7-15)28-22(25-19)26-20-17(23)8-5-9-18(20)24/h2-13H,1H3,(H,25,26)/p+1. The van der Waals surface area contributed by atoms with Crippen molar-refractivity contribution in [2.45, 2.75) is 0 Å². The van der Waals surface area contributed by atoms with Gasteiger partial charge >= 0.3 is 5.13 Å². The van der Waals surface area contributed by atoms with E-state index in [0.29, 0.717) is 15.7 Å². The maximum absolute atomic E-state index is 6.32. The van der Waals surface area contributed by atoms with E-state index >= 15 is 0 Å². The summed E-state index contributed by atoms with van der Waals surface area (Å²) in [5.41, 5.74) is 3.90. The number of benzene rings is 3. The molecule has 28 heavy (non-hydrogen) atoms. The Morgan fingerprint density at radius 2 is 1.50 bits per heavy atom. The van der Waals surface area contributed by atoms with Crippen LogP contribution in [-0.4, -0.2) is 7.11 Å². The maximum Gasteiger partial charge on any atom is 0.337 e. The molecule has 0 saturated heterocycles. The molecular weight excluding hydrogens is 411 g/mol. The molecule has 0 aliphatic rings. The second kappa shape index (κ2) is 8.23.